The van der Waals surface area contributed by atoms with Crippen LogP contribution in [0, 0.1) is 0 Å². The van der Waals surface area contributed by atoms with Crippen LogP contribution in [0.3, 0.4) is 0 Å². The molecule has 0 bridgehead atoms. The average Bonchev–Trinajstić information content (AvgIpc) is 2.67. The molecular weight excluding hydrogens is 322 g/mol. The quantitative estimate of drug-likeness (QED) is 0.814. The zero-order valence-electron chi connectivity index (χ0n) is 14.2. The molecule has 0 saturated carbocycles. The van der Waals surface area contributed by atoms with Gasteiger partial charge in [0.2, 0.25) is 0 Å². The molecular formula is C19H21NO5. The van der Waals surface area contributed by atoms with Crippen molar-refractivity contribution < 1.29 is 23.7 Å². The highest BCUT2D eigenvalue weighted by molar-refractivity contribution is 5.77. The van der Waals surface area contributed by atoms with E-state index in [1.807, 2.05) is 48.5 Å². The highest BCUT2D eigenvalue weighted by Gasteiger charge is 2.34. The molecule has 2 unspecified atom stereocenters. The number of cyclic esters (lactones) is 1. The molecule has 0 spiro atoms. The summed E-state index contributed by atoms with van der Waals surface area (Å²) in [7, 11) is 3.23. The van der Waals surface area contributed by atoms with Crippen molar-refractivity contribution in [1.82, 2.24) is 0 Å². The zero-order chi connectivity index (χ0) is 17.6. The number of methoxy groups -OCH3 is 2. The maximum Gasteiger partial charge on any atom is 0.337 e. The van der Waals surface area contributed by atoms with Crippen LogP contribution in [0.2, 0.25) is 0 Å². The van der Waals surface area contributed by atoms with Crippen LogP contribution in [0.5, 0.6) is 11.5 Å². The summed E-state index contributed by atoms with van der Waals surface area (Å²) in [6.45, 7) is 0.667. The first-order valence-corrected chi connectivity index (χ1v) is 8.04. The number of carbonyl (C=O) groups is 1. The number of rotatable bonds is 6. The number of hydrogen-bond donors (Lipinski definition) is 1. The molecule has 1 aliphatic rings. The lowest BCUT2D eigenvalue weighted by molar-refractivity contribution is -0.172. The van der Waals surface area contributed by atoms with Crippen LogP contribution in [0.1, 0.15) is 11.6 Å². The standard InChI is InChI=1S/C19H21NO5/c1-22-15-7-3-13(4-8-15)17(18-19(21)25-12-11-24-18)20-14-5-9-16(23-2)10-6-14/h3-10,17-18,20H,11-12H2,1-2H3. The normalized spacial score (nSPS) is 18.2. The van der Waals surface area contributed by atoms with Crippen molar-refractivity contribution >= 4 is 11.7 Å². The van der Waals surface area contributed by atoms with E-state index in [9.17, 15) is 4.79 Å². The molecule has 2 atom stereocenters. The minimum Gasteiger partial charge on any atom is -0.497 e. The van der Waals surface area contributed by atoms with E-state index in [2.05, 4.69) is 5.32 Å². The molecule has 6 heteroatoms. The van der Waals surface area contributed by atoms with Gasteiger partial charge in [-0.05, 0) is 42.0 Å². The third kappa shape index (κ3) is 4.03. The molecule has 2 aromatic rings. The van der Waals surface area contributed by atoms with E-state index in [0.29, 0.717) is 6.61 Å². The number of ether oxygens (including phenoxy) is 4. The molecule has 3 rings (SSSR count). The van der Waals surface area contributed by atoms with Crippen molar-refractivity contribution in [2.45, 2.75) is 12.1 Å². The van der Waals surface area contributed by atoms with Gasteiger partial charge in [0.1, 0.15) is 18.1 Å². The summed E-state index contributed by atoms with van der Waals surface area (Å²) >= 11 is 0. The molecule has 0 amide bonds. The molecule has 25 heavy (non-hydrogen) atoms. The number of carbonyl (C=O) groups excluding carboxylic acids is 1. The van der Waals surface area contributed by atoms with Crippen LogP contribution >= 0.6 is 0 Å². The van der Waals surface area contributed by atoms with Crippen LogP contribution in [0.25, 0.3) is 0 Å². The topological polar surface area (TPSA) is 66.0 Å². The number of anilines is 1. The molecule has 1 aliphatic heterocycles. The first-order chi connectivity index (χ1) is 12.2. The van der Waals surface area contributed by atoms with Crippen molar-refractivity contribution in [2.24, 2.45) is 0 Å². The molecule has 0 aliphatic carbocycles. The second kappa shape index (κ2) is 7.90. The van der Waals surface area contributed by atoms with Gasteiger partial charge in [-0.25, -0.2) is 4.79 Å². The fourth-order valence-corrected chi connectivity index (χ4v) is 2.71. The lowest BCUT2D eigenvalue weighted by Gasteiger charge is -2.30. The van der Waals surface area contributed by atoms with Gasteiger partial charge in [0, 0.05) is 5.69 Å². The second-order valence-electron chi connectivity index (χ2n) is 5.58. The minimum absolute atomic E-state index is 0.285. The highest BCUT2D eigenvalue weighted by atomic mass is 16.6. The van der Waals surface area contributed by atoms with Crippen LogP contribution < -0.4 is 14.8 Å². The van der Waals surface area contributed by atoms with Gasteiger partial charge in [0.25, 0.3) is 0 Å². The summed E-state index contributed by atoms with van der Waals surface area (Å²) in [5.41, 5.74) is 1.75. The Balaban J connectivity index is 1.87. The number of benzene rings is 2. The van der Waals surface area contributed by atoms with Crippen LogP contribution in [-0.2, 0) is 14.3 Å². The maximum atomic E-state index is 12.2. The molecule has 0 radical (unpaired) electrons. The Morgan fingerprint density at radius 1 is 0.960 bits per heavy atom. The number of nitrogens with one attached hydrogen (secondary N) is 1. The van der Waals surface area contributed by atoms with Crippen molar-refractivity contribution in [3.05, 3.63) is 54.1 Å². The minimum atomic E-state index is -0.718. The van der Waals surface area contributed by atoms with Crippen LogP contribution in [0.15, 0.2) is 48.5 Å². The fourth-order valence-electron chi connectivity index (χ4n) is 2.71. The van der Waals surface area contributed by atoms with E-state index in [4.69, 9.17) is 18.9 Å². The molecule has 1 saturated heterocycles. The number of esters is 1. The maximum absolute atomic E-state index is 12.2. The van der Waals surface area contributed by atoms with Gasteiger partial charge < -0.3 is 24.3 Å². The molecule has 6 nitrogen and oxygen atoms in total. The van der Waals surface area contributed by atoms with Gasteiger partial charge in [0.05, 0.1) is 26.9 Å². The fraction of sp³-hybridized carbons (Fsp3) is 0.316. The third-order valence-electron chi connectivity index (χ3n) is 4.05. The Bertz CT molecular complexity index is 699. The molecule has 2 aromatic carbocycles. The van der Waals surface area contributed by atoms with E-state index in [1.54, 1.807) is 14.2 Å². The lowest BCUT2D eigenvalue weighted by atomic mass is 10.00. The predicted molar refractivity (Wildman–Crippen MR) is 93.1 cm³/mol. The van der Waals surface area contributed by atoms with E-state index < -0.39 is 6.10 Å². The van der Waals surface area contributed by atoms with Crippen molar-refractivity contribution in [1.29, 1.82) is 0 Å². The largest absolute Gasteiger partial charge is 0.497 e. The first kappa shape index (κ1) is 17.1. The third-order valence-corrected chi connectivity index (χ3v) is 4.05. The summed E-state index contributed by atoms with van der Waals surface area (Å²) in [4.78, 5) is 12.2. The molecule has 1 heterocycles. The summed E-state index contributed by atoms with van der Waals surface area (Å²) in [5.74, 6) is 1.15. The zero-order valence-corrected chi connectivity index (χ0v) is 14.2. The monoisotopic (exact) mass is 343 g/mol. The van der Waals surface area contributed by atoms with Crippen LogP contribution in [0.4, 0.5) is 5.69 Å². The highest BCUT2D eigenvalue weighted by Crippen LogP contribution is 2.29. The first-order valence-electron chi connectivity index (χ1n) is 8.04. The molecule has 1 fully saturated rings. The summed E-state index contributed by atoms with van der Waals surface area (Å²) in [6, 6.07) is 14.6. The average molecular weight is 343 g/mol. The van der Waals surface area contributed by atoms with E-state index in [-0.39, 0.29) is 18.6 Å². The summed E-state index contributed by atoms with van der Waals surface area (Å²) in [6.07, 6.45) is -0.718. The Hall–Kier alpha value is -2.73. The van der Waals surface area contributed by atoms with Gasteiger partial charge in [-0.15, -0.1) is 0 Å². The van der Waals surface area contributed by atoms with Crippen LogP contribution in [-0.4, -0.2) is 39.5 Å². The predicted octanol–water partition coefficient (Wildman–Crippen LogP) is 2.80. The number of hydrogen-bond acceptors (Lipinski definition) is 6. The summed E-state index contributed by atoms with van der Waals surface area (Å²) in [5, 5.41) is 3.36. The second-order valence-corrected chi connectivity index (χ2v) is 5.58. The van der Waals surface area contributed by atoms with E-state index >= 15 is 0 Å². The molecule has 132 valence electrons. The van der Waals surface area contributed by atoms with Gasteiger partial charge in [0.15, 0.2) is 6.10 Å². The van der Waals surface area contributed by atoms with Crippen molar-refractivity contribution in [3.63, 3.8) is 0 Å². The molecule has 1 N–H and O–H groups in total. The van der Waals surface area contributed by atoms with Gasteiger partial charge in [-0.1, -0.05) is 12.1 Å². The Kier molecular flexibility index (Phi) is 5.40. The van der Waals surface area contributed by atoms with E-state index in [1.165, 1.54) is 0 Å². The van der Waals surface area contributed by atoms with Crippen molar-refractivity contribution in [3.8, 4) is 11.5 Å². The summed E-state index contributed by atoms with van der Waals surface area (Å²) < 4.78 is 21.2. The van der Waals surface area contributed by atoms with Gasteiger partial charge in [-0.3, -0.25) is 0 Å². The van der Waals surface area contributed by atoms with Gasteiger partial charge >= 0.3 is 5.97 Å². The Labute approximate surface area is 146 Å². The smallest absolute Gasteiger partial charge is 0.337 e. The molecule has 0 aromatic heterocycles. The Morgan fingerprint density at radius 3 is 2.12 bits per heavy atom. The van der Waals surface area contributed by atoms with E-state index in [0.717, 1.165) is 22.7 Å². The van der Waals surface area contributed by atoms with Crippen molar-refractivity contribution in [2.75, 3.05) is 32.8 Å². The van der Waals surface area contributed by atoms with Gasteiger partial charge in [-0.2, -0.15) is 0 Å². The SMILES string of the molecule is COc1ccc(NC(c2ccc(OC)cc2)C2OCCOC2=O)cc1. The lowest BCUT2D eigenvalue weighted by Crippen LogP contribution is -2.41. The Morgan fingerprint density at radius 2 is 1.56 bits per heavy atom.